The number of nitrogens with zero attached hydrogens (tertiary/aromatic N) is 3. The van der Waals surface area contributed by atoms with Gasteiger partial charge in [-0.25, -0.2) is 4.68 Å². The highest BCUT2D eigenvalue weighted by Gasteiger charge is 2.28. The van der Waals surface area contributed by atoms with Crippen LogP contribution in [0.15, 0.2) is 0 Å². The highest BCUT2D eigenvalue weighted by molar-refractivity contribution is 5.60. The summed E-state index contributed by atoms with van der Waals surface area (Å²) in [5.74, 6) is 0.547. The van der Waals surface area contributed by atoms with Crippen LogP contribution in [0.5, 0.6) is 0 Å². The summed E-state index contributed by atoms with van der Waals surface area (Å²) >= 11 is 0. The van der Waals surface area contributed by atoms with Gasteiger partial charge >= 0.3 is 5.69 Å². The highest BCUT2D eigenvalue weighted by atomic mass is 16.6. The van der Waals surface area contributed by atoms with Crippen LogP contribution in [0.25, 0.3) is 0 Å². The van der Waals surface area contributed by atoms with Crippen LogP contribution in [0.1, 0.15) is 44.7 Å². The van der Waals surface area contributed by atoms with Gasteiger partial charge in [-0.2, -0.15) is 5.10 Å². The molecule has 1 aromatic rings. The van der Waals surface area contributed by atoms with Crippen LogP contribution in [0.4, 0.5) is 11.5 Å². The average Bonchev–Trinajstić information content (AvgIpc) is 2.98. The van der Waals surface area contributed by atoms with Gasteiger partial charge in [-0.3, -0.25) is 10.1 Å². The van der Waals surface area contributed by atoms with Gasteiger partial charge < -0.3 is 10.6 Å². The van der Waals surface area contributed by atoms with Crippen molar-refractivity contribution in [2.45, 2.75) is 45.1 Å². The number of aryl methyl sites for hydroxylation is 1. The first-order valence-electron chi connectivity index (χ1n) is 7.19. The molecule has 2 rings (SSSR count). The predicted molar refractivity (Wildman–Crippen MR) is 78.1 cm³/mol. The van der Waals surface area contributed by atoms with Crippen LogP contribution in [0.2, 0.25) is 0 Å². The van der Waals surface area contributed by atoms with Gasteiger partial charge in [0, 0.05) is 25.6 Å². The molecule has 1 saturated heterocycles. The molecule has 0 amide bonds. The molecule has 1 atom stereocenters. The van der Waals surface area contributed by atoms with E-state index < -0.39 is 0 Å². The molecule has 1 aliphatic rings. The smallest absolute Gasteiger partial charge is 0.334 e. The van der Waals surface area contributed by atoms with E-state index in [9.17, 15) is 10.1 Å². The molecular weight excluding hydrogens is 258 g/mol. The summed E-state index contributed by atoms with van der Waals surface area (Å²) in [7, 11) is 1.75. The lowest BCUT2D eigenvalue weighted by Gasteiger charge is -2.11. The number of anilines is 1. The van der Waals surface area contributed by atoms with Gasteiger partial charge in [0.1, 0.15) is 5.69 Å². The Bertz CT molecular complexity index is 477. The van der Waals surface area contributed by atoms with Crippen molar-refractivity contribution in [3.05, 3.63) is 15.8 Å². The van der Waals surface area contributed by atoms with Crippen LogP contribution < -0.4 is 10.6 Å². The maximum absolute atomic E-state index is 11.3. The third-order valence-electron chi connectivity index (χ3n) is 3.73. The minimum atomic E-state index is -0.335. The first-order chi connectivity index (χ1) is 9.50. The molecule has 20 heavy (non-hydrogen) atoms. The average molecular weight is 281 g/mol. The molecule has 1 fully saturated rings. The number of aromatic nitrogens is 2. The molecule has 112 valence electrons. The molecule has 7 nitrogen and oxygen atoms in total. The van der Waals surface area contributed by atoms with Gasteiger partial charge in [0.25, 0.3) is 0 Å². The zero-order chi connectivity index (χ0) is 14.7. The van der Waals surface area contributed by atoms with Crippen molar-refractivity contribution in [2.24, 2.45) is 7.05 Å². The summed E-state index contributed by atoms with van der Waals surface area (Å²) in [5, 5.41) is 22.2. The fourth-order valence-electron chi connectivity index (χ4n) is 2.67. The van der Waals surface area contributed by atoms with Gasteiger partial charge in [0.05, 0.1) is 4.92 Å². The molecule has 0 saturated carbocycles. The second-order valence-corrected chi connectivity index (χ2v) is 5.63. The van der Waals surface area contributed by atoms with Gasteiger partial charge in [-0.05, 0) is 25.8 Å². The second kappa shape index (κ2) is 6.21. The topological polar surface area (TPSA) is 85.0 Å². The van der Waals surface area contributed by atoms with E-state index in [4.69, 9.17) is 0 Å². The molecule has 0 aromatic carbocycles. The van der Waals surface area contributed by atoms with E-state index in [0.29, 0.717) is 17.6 Å². The van der Waals surface area contributed by atoms with E-state index in [-0.39, 0.29) is 16.5 Å². The zero-order valence-electron chi connectivity index (χ0n) is 12.3. The maximum atomic E-state index is 11.3. The number of nitro groups is 1. The Kier molecular flexibility index (Phi) is 4.59. The molecular formula is C13H23N5O2. The third kappa shape index (κ3) is 3.09. The normalized spacial score (nSPS) is 18.7. The quantitative estimate of drug-likeness (QED) is 0.615. The summed E-state index contributed by atoms with van der Waals surface area (Å²) in [4.78, 5) is 10.9. The van der Waals surface area contributed by atoms with Crippen molar-refractivity contribution in [3.63, 3.8) is 0 Å². The first-order valence-corrected chi connectivity index (χ1v) is 7.19. The Balaban J connectivity index is 2.07. The lowest BCUT2D eigenvalue weighted by Crippen LogP contribution is -2.24. The molecule has 0 radical (unpaired) electrons. The van der Waals surface area contributed by atoms with Crippen molar-refractivity contribution >= 4 is 11.5 Å². The highest BCUT2D eigenvalue weighted by Crippen LogP contribution is 2.32. The minimum absolute atomic E-state index is 0.0358. The molecule has 2 N–H and O–H groups in total. The fourth-order valence-corrected chi connectivity index (χ4v) is 2.67. The largest absolute Gasteiger partial charge is 0.364 e. The molecule has 2 heterocycles. The molecule has 0 aliphatic carbocycles. The molecule has 1 aliphatic heterocycles. The summed E-state index contributed by atoms with van der Waals surface area (Å²) in [6.45, 7) is 5.63. The van der Waals surface area contributed by atoms with E-state index >= 15 is 0 Å². The Morgan fingerprint density at radius 2 is 2.35 bits per heavy atom. The maximum Gasteiger partial charge on any atom is 0.334 e. The van der Waals surface area contributed by atoms with Crippen LogP contribution in [0, 0.1) is 10.1 Å². The van der Waals surface area contributed by atoms with E-state index in [0.717, 1.165) is 19.5 Å². The Morgan fingerprint density at radius 1 is 1.60 bits per heavy atom. The number of hydrogen-bond donors (Lipinski definition) is 2. The lowest BCUT2D eigenvalue weighted by molar-refractivity contribution is -0.384. The van der Waals surface area contributed by atoms with E-state index in [1.807, 2.05) is 13.8 Å². The summed E-state index contributed by atoms with van der Waals surface area (Å²) < 4.78 is 1.58. The van der Waals surface area contributed by atoms with E-state index in [2.05, 4.69) is 15.7 Å². The molecule has 7 heteroatoms. The van der Waals surface area contributed by atoms with Gasteiger partial charge in [0.2, 0.25) is 5.82 Å². The van der Waals surface area contributed by atoms with Gasteiger partial charge in [-0.15, -0.1) is 0 Å². The first kappa shape index (κ1) is 14.8. The molecule has 1 aromatic heterocycles. The standard InChI is InChI=1S/C13H23N5O2/c1-9(2)11-12(18(19)20)13(17(3)16-11)15-8-6-10-5-4-7-14-10/h9-10,14-15H,4-8H2,1-3H3/t10-/m0/s1. The van der Waals surface area contributed by atoms with Crippen molar-refractivity contribution in [2.75, 3.05) is 18.4 Å². The van der Waals surface area contributed by atoms with E-state index in [1.54, 1.807) is 11.7 Å². The van der Waals surface area contributed by atoms with Crippen LogP contribution >= 0.6 is 0 Å². The fraction of sp³-hybridized carbons (Fsp3) is 0.769. The van der Waals surface area contributed by atoms with Crippen LogP contribution in [0.3, 0.4) is 0 Å². The molecule has 0 spiro atoms. The van der Waals surface area contributed by atoms with Crippen LogP contribution in [-0.2, 0) is 7.05 Å². The molecule has 0 bridgehead atoms. The van der Waals surface area contributed by atoms with E-state index in [1.165, 1.54) is 12.8 Å². The SMILES string of the molecule is CC(C)c1nn(C)c(NCC[C@@H]2CCCN2)c1[N+](=O)[O-]. The van der Waals surface area contributed by atoms with Crippen molar-refractivity contribution in [3.8, 4) is 0 Å². The number of nitrogens with one attached hydrogen (secondary N) is 2. The Labute approximate surface area is 118 Å². The predicted octanol–water partition coefficient (Wildman–Crippen LogP) is 2.01. The van der Waals surface area contributed by atoms with Crippen molar-refractivity contribution in [1.82, 2.24) is 15.1 Å². The monoisotopic (exact) mass is 281 g/mol. The third-order valence-corrected chi connectivity index (χ3v) is 3.73. The minimum Gasteiger partial charge on any atom is -0.364 e. The summed E-state index contributed by atoms with van der Waals surface area (Å²) in [5.41, 5.74) is 0.654. The number of rotatable bonds is 6. The zero-order valence-corrected chi connectivity index (χ0v) is 12.3. The number of hydrogen-bond acceptors (Lipinski definition) is 5. The van der Waals surface area contributed by atoms with Gasteiger partial charge in [0.15, 0.2) is 0 Å². The Hall–Kier alpha value is -1.63. The summed E-state index contributed by atoms with van der Waals surface area (Å²) in [6, 6.07) is 0.527. The summed E-state index contributed by atoms with van der Waals surface area (Å²) in [6.07, 6.45) is 3.37. The second-order valence-electron chi connectivity index (χ2n) is 5.63. The van der Waals surface area contributed by atoms with Gasteiger partial charge in [-0.1, -0.05) is 13.8 Å². The Morgan fingerprint density at radius 3 is 2.90 bits per heavy atom. The van der Waals surface area contributed by atoms with Crippen molar-refractivity contribution in [1.29, 1.82) is 0 Å². The molecule has 0 unspecified atom stereocenters. The van der Waals surface area contributed by atoms with Crippen LogP contribution in [-0.4, -0.2) is 33.8 Å². The van der Waals surface area contributed by atoms with Crippen molar-refractivity contribution < 1.29 is 4.92 Å². The lowest BCUT2D eigenvalue weighted by atomic mass is 10.1.